The van der Waals surface area contributed by atoms with Crippen molar-refractivity contribution in [2.75, 3.05) is 46.9 Å². The zero-order chi connectivity index (χ0) is 33.9. The van der Waals surface area contributed by atoms with Crippen LogP contribution in [0.5, 0.6) is 17.6 Å². The number of amides is 1. The number of piperazine rings is 2. The first-order valence-electron chi connectivity index (χ1n) is 17.3. The molecule has 2 aromatic heterocycles. The molecule has 2 atom stereocenters. The molecule has 4 heterocycles. The summed E-state index contributed by atoms with van der Waals surface area (Å²) in [4.78, 5) is 39.2. The standard InChI is InChI=1S/C38H45N7O4/c1-25(2)49-37-30(36(48-4)41-35(42-37)28-15-16-28)23-43-21-29-22-44(38(46)31-19-39-20-33(40-31)47-3)17-18-45(29)32(24-43)34(26-11-7-5-8-12-26)27-13-9-6-10-14-27/h5-14,19-20,25,28-29,32,34H,15-18,21-24H2,1-4H3. The van der Waals surface area contributed by atoms with Gasteiger partial charge in [-0.3, -0.25) is 19.6 Å². The lowest BCUT2D eigenvalue weighted by molar-refractivity contribution is -0.0294. The normalized spacial score (nSPS) is 19.9. The number of benzene rings is 2. The predicted octanol–water partition coefficient (Wildman–Crippen LogP) is 4.79. The number of rotatable bonds is 11. The van der Waals surface area contributed by atoms with Crippen LogP contribution in [-0.2, 0) is 6.54 Å². The number of hydrogen-bond acceptors (Lipinski definition) is 10. The van der Waals surface area contributed by atoms with E-state index in [2.05, 4.69) is 80.4 Å². The first-order chi connectivity index (χ1) is 23.9. The molecule has 49 heavy (non-hydrogen) atoms. The van der Waals surface area contributed by atoms with Crippen molar-refractivity contribution in [1.82, 2.24) is 34.6 Å². The number of hydrogen-bond donors (Lipinski definition) is 0. The molecule has 2 unspecified atom stereocenters. The fourth-order valence-electron chi connectivity index (χ4n) is 7.32. The molecule has 2 aromatic carbocycles. The summed E-state index contributed by atoms with van der Waals surface area (Å²) in [5.74, 6) is 2.64. The summed E-state index contributed by atoms with van der Waals surface area (Å²) >= 11 is 0. The molecule has 11 nitrogen and oxygen atoms in total. The van der Waals surface area contributed by atoms with Gasteiger partial charge in [0.15, 0.2) is 5.69 Å². The van der Waals surface area contributed by atoms with Gasteiger partial charge in [0.05, 0.1) is 38.3 Å². The molecule has 0 spiro atoms. The lowest BCUT2D eigenvalue weighted by atomic mass is 9.81. The second-order valence-electron chi connectivity index (χ2n) is 13.5. The molecule has 1 amide bonds. The average Bonchev–Trinajstić information content (AvgIpc) is 3.98. The minimum atomic E-state index is -0.138. The zero-order valence-corrected chi connectivity index (χ0v) is 28.7. The van der Waals surface area contributed by atoms with E-state index in [4.69, 9.17) is 24.2 Å². The van der Waals surface area contributed by atoms with Crippen molar-refractivity contribution >= 4 is 5.91 Å². The Bertz CT molecular complexity index is 1700. The van der Waals surface area contributed by atoms with Gasteiger partial charge >= 0.3 is 0 Å². The lowest BCUT2D eigenvalue weighted by Crippen LogP contribution is -2.67. The van der Waals surface area contributed by atoms with Gasteiger partial charge in [0.25, 0.3) is 5.91 Å². The first-order valence-corrected chi connectivity index (χ1v) is 17.3. The molecule has 0 bridgehead atoms. The SMILES string of the molecule is COc1cncc(C(=O)N2CCN3C(CN(Cc4c(OC)nc(C5CC5)nc4OC(C)C)CC3C(c3ccccc3)c3ccccc3)C2)n1. The van der Waals surface area contributed by atoms with Crippen LogP contribution in [0.2, 0.25) is 0 Å². The van der Waals surface area contributed by atoms with E-state index >= 15 is 0 Å². The van der Waals surface area contributed by atoms with Crippen LogP contribution in [0.4, 0.5) is 0 Å². The number of carbonyl (C=O) groups is 1. The van der Waals surface area contributed by atoms with Gasteiger partial charge in [-0.1, -0.05) is 60.7 Å². The van der Waals surface area contributed by atoms with Gasteiger partial charge in [0, 0.05) is 63.2 Å². The fourth-order valence-corrected chi connectivity index (χ4v) is 7.32. The van der Waals surface area contributed by atoms with E-state index in [0.29, 0.717) is 43.2 Å². The summed E-state index contributed by atoms with van der Waals surface area (Å²) in [7, 11) is 3.20. The van der Waals surface area contributed by atoms with E-state index < -0.39 is 0 Å². The molecule has 2 aliphatic heterocycles. The van der Waals surface area contributed by atoms with E-state index in [1.165, 1.54) is 30.6 Å². The predicted molar refractivity (Wildman–Crippen MR) is 185 cm³/mol. The van der Waals surface area contributed by atoms with Crippen LogP contribution in [0.25, 0.3) is 0 Å². The molecule has 7 rings (SSSR count). The van der Waals surface area contributed by atoms with Crippen molar-refractivity contribution in [2.24, 2.45) is 0 Å². The molecular formula is C38H45N7O4. The van der Waals surface area contributed by atoms with Gasteiger partial charge < -0.3 is 19.1 Å². The van der Waals surface area contributed by atoms with Crippen LogP contribution >= 0.6 is 0 Å². The Morgan fingerprint density at radius 1 is 0.837 bits per heavy atom. The molecule has 4 aromatic rings. The molecule has 11 heteroatoms. The third-order valence-electron chi connectivity index (χ3n) is 9.71. The topological polar surface area (TPSA) is 106 Å². The quantitative estimate of drug-likeness (QED) is 0.222. The monoisotopic (exact) mass is 663 g/mol. The second-order valence-corrected chi connectivity index (χ2v) is 13.5. The highest BCUT2D eigenvalue weighted by molar-refractivity contribution is 5.92. The molecule has 0 radical (unpaired) electrons. The fraction of sp³-hybridized carbons (Fsp3) is 0.447. The van der Waals surface area contributed by atoms with Crippen molar-refractivity contribution in [3.8, 4) is 17.6 Å². The van der Waals surface area contributed by atoms with Crippen LogP contribution in [0, 0.1) is 0 Å². The minimum absolute atomic E-state index is 0.0480. The van der Waals surface area contributed by atoms with Crippen LogP contribution in [0.3, 0.4) is 0 Å². The molecule has 2 saturated heterocycles. The molecule has 0 N–H and O–H groups in total. The summed E-state index contributed by atoms with van der Waals surface area (Å²) < 4.78 is 17.5. The van der Waals surface area contributed by atoms with Gasteiger partial charge in [0.2, 0.25) is 17.6 Å². The Kier molecular flexibility index (Phi) is 9.72. The first kappa shape index (κ1) is 32.9. The summed E-state index contributed by atoms with van der Waals surface area (Å²) in [6, 6.07) is 21.7. The number of nitrogens with zero attached hydrogens (tertiary/aromatic N) is 7. The lowest BCUT2D eigenvalue weighted by Gasteiger charge is -2.53. The number of aromatic nitrogens is 4. The van der Waals surface area contributed by atoms with Crippen LogP contribution in [-0.4, -0.2) is 106 Å². The number of carbonyl (C=O) groups excluding carboxylic acids is 1. The minimum Gasteiger partial charge on any atom is -0.481 e. The number of methoxy groups -OCH3 is 2. The maximum absolute atomic E-state index is 13.8. The summed E-state index contributed by atoms with van der Waals surface area (Å²) in [5.41, 5.74) is 3.68. The van der Waals surface area contributed by atoms with Gasteiger partial charge in [-0.2, -0.15) is 9.97 Å². The maximum Gasteiger partial charge on any atom is 0.274 e. The van der Waals surface area contributed by atoms with Crippen molar-refractivity contribution in [1.29, 1.82) is 0 Å². The Hall–Kier alpha value is -4.61. The smallest absolute Gasteiger partial charge is 0.274 e. The molecule has 3 fully saturated rings. The summed E-state index contributed by atoms with van der Waals surface area (Å²) in [5, 5.41) is 0. The van der Waals surface area contributed by atoms with Crippen molar-refractivity contribution in [3.05, 3.63) is 101 Å². The van der Waals surface area contributed by atoms with E-state index in [0.717, 1.165) is 43.9 Å². The van der Waals surface area contributed by atoms with Crippen molar-refractivity contribution in [2.45, 2.75) is 63.3 Å². The van der Waals surface area contributed by atoms with Crippen LogP contribution < -0.4 is 14.2 Å². The maximum atomic E-state index is 13.8. The molecular weight excluding hydrogens is 618 g/mol. The highest BCUT2D eigenvalue weighted by atomic mass is 16.5. The number of ether oxygens (including phenoxy) is 3. The van der Waals surface area contributed by atoms with Crippen LogP contribution in [0.15, 0.2) is 73.1 Å². The Labute approximate surface area is 288 Å². The molecule has 1 aliphatic carbocycles. The van der Waals surface area contributed by atoms with E-state index in [1.54, 1.807) is 7.11 Å². The molecule has 3 aliphatic rings. The Balaban J connectivity index is 1.25. The third kappa shape index (κ3) is 7.23. The number of fused-ring (bicyclic) bond motifs is 1. The van der Waals surface area contributed by atoms with E-state index in [9.17, 15) is 4.79 Å². The second kappa shape index (κ2) is 14.5. The van der Waals surface area contributed by atoms with Crippen molar-refractivity contribution < 1.29 is 19.0 Å². The Morgan fingerprint density at radius 2 is 1.53 bits per heavy atom. The largest absolute Gasteiger partial charge is 0.481 e. The van der Waals surface area contributed by atoms with E-state index in [1.807, 2.05) is 18.7 Å². The van der Waals surface area contributed by atoms with Crippen molar-refractivity contribution in [3.63, 3.8) is 0 Å². The van der Waals surface area contributed by atoms with E-state index in [-0.39, 0.29) is 35.7 Å². The summed E-state index contributed by atoms with van der Waals surface area (Å²) in [6.45, 7) is 8.05. The van der Waals surface area contributed by atoms with Gasteiger partial charge in [-0.25, -0.2) is 4.98 Å². The average molecular weight is 664 g/mol. The van der Waals surface area contributed by atoms with Gasteiger partial charge in [-0.15, -0.1) is 0 Å². The summed E-state index contributed by atoms with van der Waals surface area (Å²) in [6.07, 6.45) is 5.16. The highest BCUT2D eigenvalue weighted by Gasteiger charge is 2.44. The highest BCUT2D eigenvalue weighted by Crippen LogP contribution is 2.42. The third-order valence-corrected chi connectivity index (χ3v) is 9.71. The molecule has 1 saturated carbocycles. The van der Waals surface area contributed by atoms with Gasteiger partial charge in [-0.05, 0) is 37.8 Å². The van der Waals surface area contributed by atoms with Gasteiger partial charge in [0.1, 0.15) is 5.82 Å². The molecule has 256 valence electrons. The zero-order valence-electron chi connectivity index (χ0n) is 28.7. The van der Waals surface area contributed by atoms with Crippen LogP contribution in [0.1, 0.15) is 71.5 Å². The Morgan fingerprint density at radius 3 is 2.16 bits per heavy atom.